The summed E-state index contributed by atoms with van der Waals surface area (Å²) >= 11 is 0. The van der Waals surface area contributed by atoms with Gasteiger partial charge >= 0.3 is 0 Å². The van der Waals surface area contributed by atoms with Crippen LogP contribution in [0.1, 0.15) is 0 Å². The van der Waals surface area contributed by atoms with E-state index in [1.807, 2.05) is 36.4 Å². The highest BCUT2D eigenvalue weighted by Gasteiger charge is 2.29. The second kappa shape index (κ2) is 10.8. The van der Waals surface area contributed by atoms with Crippen molar-refractivity contribution in [3.63, 3.8) is 0 Å². The number of benzene rings is 4. The van der Waals surface area contributed by atoms with Crippen LogP contribution in [0.15, 0.2) is 158 Å². The second-order valence-electron chi connectivity index (χ2n) is 11.8. The molecule has 6 heterocycles. The molecule has 0 spiro atoms. The van der Waals surface area contributed by atoms with Crippen LogP contribution in [-0.2, 0) is 0 Å². The third kappa shape index (κ3) is 4.14. The number of aromatic nitrogens is 8. The standard InChI is InChI=1S/C41H26N8/c1-3-15-27(16-4-1)47-33-23-9-7-19-29(33)35-37(47)38-36(48(35)28-17-5-2-6-18-28)30-20-8-10-24-34(30)49(38)41-45-39(31-21-11-13-25-42-31)44-40(46-41)32-22-12-14-26-43-32/h1-26H. The summed E-state index contributed by atoms with van der Waals surface area (Å²) in [6.07, 6.45) is 3.51. The molecule has 0 N–H and O–H groups in total. The molecule has 0 fully saturated rings. The summed E-state index contributed by atoms with van der Waals surface area (Å²) in [5, 5.41) is 2.23. The van der Waals surface area contributed by atoms with Crippen molar-refractivity contribution in [3.05, 3.63) is 158 Å². The molecule has 0 saturated carbocycles. The molecule has 4 aromatic carbocycles. The van der Waals surface area contributed by atoms with Crippen LogP contribution in [0, 0.1) is 0 Å². The van der Waals surface area contributed by atoms with Crippen molar-refractivity contribution in [1.29, 1.82) is 0 Å². The van der Waals surface area contributed by atoms with Gasteiger partial charge in [-0.3, -0.25) is 14.5 Å². The first-order valence-corrected chi connectivity index (χ1v) is 16.1. The van der Waals surface area contributed by atoms with Crippen LogP contribution in [0.3, 0.4) is 0 Å². The molecule has 8 heteroatoms. The summed E-state index contributed by atoms with van der Waals surface area (Å²) in [6.45, 7) is 0. The quantitative estimate of drug-likeness (QED) is 0.190. The van der Waals surface area contributed by atoms with E-state index >= 15 is 0 Å². The van der Waals surface area contributed by atoms with Crippen molar-refractivity contribution >= 4 is 43.9 Å². The summed E-state index contributed by atoms with van der Waals surface area (Å²) in [7, 11) is 0. The van der Waals surface area contributed by atoms with Gasteiger partial charge in [-0.05, 0) is 60.7 Å². The number of para-hydroxylation sites is 4. The molecule has 0 radical (unpaired) electrons. The van der Waals surface area contributed by atoms with E-state index in [4.69, 9.17) is 15.0 Å². The zero-order valence-electron chi connectivity index (χ0n) is 26.1. The van der Waals surface area contributed by atoms with Gasteiger partial charge < -0.3 is 9.13 Å². The Morgan fingerprint density at radius 3 is 1.33 bits per heavy atom. The van der Waals surface area contributed by atoms with Gasteiger partial charge in [-0.15, -0.1) is 0 Å². The van der Waals surface area contributed by atoms with Crippen LogP contribution in [0.25, 0.3) is 84.2 Å². The van der Waals surface area contributed by atoms with Crippen LogP contribution in [0.5, 0.6) is 0 Å². The van der Waals surface area contributed by atoms with Gasteiger partial charge in [-0.2, -0.15) is 9.97 Å². The van der Waals surface area contributed by atoms with Crippen LogP contribution >= 0.6 is 0 Å². The molecule has 0 aliphatic rings. The van der Waals surface area contributed by atoms with E-state index in [2.05, 4.69) is 133 Å². The topological polar surface area (TPSA) is 79.2 Å². The van der Waals surface area contributed by atoms with Gasteiger partial charge in [0.15, 0.2) is 11.6 Å². The van der Waals surface area contributed by atoms with E-state index in [0.29, 0.717) is 29.0 Å². The van der Waals surface area contributed by atoms with Gasteiger partial charge in [-0.25, -0.2) is 4.98 Å². The van der Waals surface area contributed by atoms with Crippen molar-refractivity contribution in [2.24, 2.45) is 0 Å². The zero-order chi connectivity index (χ0) is 32.3. The minimum Gasteiger partial charge on any atom is -0.306 e. The van der Waals surface area contributed by atoms with Gasteiger partial charge in [0.1, 0.15) is 16.9 Å². The van der Waals surface area contributed by atoms with Gasteiger partial charge in [0.05, 0.1) is 27.6 Å². The minimum atomic E-state index is 0.472. The molecule has 49 heavy (non-hydrogen) atoms. The molecule has 0 saturated heterocycles. The van der Waals surface area contributed by atoms with Crippen molar-refractivity contribution in [1.82, 2.24) is 38.6 Å². The smallest absolute Gasteiger partial charge is 0.239 e. The molecule has 0 aliphatic heterocycles. The number of nitrogens with zero attached hydrogens (tertiary/aromatic N) is 8. The van der Waals surface area contributed by atoms with E-state index in [9.17, 15) is 0 Å². The molecule has 230 valence electrons. The molecule has 0 atom stereocenters. The summed E-state index contributed by atoms with van der Waals surface area (Å²) in [5.74, 6) is 1.43. The Morgan fingerprint density at radius 1 is 0.347 bits per heavy atom. The molecular formula is C41H26N8. The fraction of sp³-hybridized carbons (Fsp3) is 0. The lowest BCUT2D eigenvalue weighted by Gasteiger charge is -2.11. The number of pyridine rings is 2. The van der Waals surface area contributed by atoms with Crippen molar-refractivity contribution in [3.8, 4) is 40.4 Å². The average molecular weight is 631 g/mol. The Bertz CT molecular complexity index is 2740. The first-order chi connectivity index (χ1) is 24.3. The first-order valence-electron chi connectivity index (χ1n) is 16.1. The van der Waals surface area contributed by atoms with Gasteiger partial charge in [0.25, 0.3) is 0 Å². The average Bonchev–Trinajstić information content (AvgIpc) is 3.81. The van der Waals surface area contributed by atoms with Crippen molar-refractivity contribution in [2.45, 2.75) is 0 Å². The number of hydrogen-bond donors (Lipinski definition) is 0. The summed E-state index contributed by atoms with van der Waals surface area (Å²) in [5.41, 5.74) is 9.77. The lowest BCUT2D eigenvalue weighted by Crippen LogP contribution is -2.07. The summed E-state index contributed by atoms with van der Waals surface area (Å²) < 4.78 is 6.94. The van der Waals surface area contributed by atoms with Gasteiger partial charge in [0.2, 0.25) is 5.95 Å². The largest absolute Gasteiger partial charge is 0.306 e. The fourth-order valence-electron chi connectivity index (χ4n) is 7.02. The molecule has 6 aromatic heterocycles. The normalized spacial score (nSPS) is 11.7. The van der Waals surface area contributed by atoms with E-state index in [1.165, 1.54) is 0 Å². The number of rotatable bonds is 5. The van der Waals surface area contributed by atoms with Crippen LogP contribution in [0.4, 0.5) is 0 Å². The maximum Gasteiger partial charge on any atom is 0.239 e. The molecule has 0 bridgehead atoms. The molecule has 10 aromatic rings. The highest BCUT2D eigenvalue weighted by atomic mass is 15.2. The Kier molecular flexibility index (Phi) is 6.01. The Morgan fingerprint density at radius 2 is 0.796 bits per heavy atom. The maximum atomic E-state index is 5.15. The van der Waals surface area contributed by atoms with Crippen LogP contribution in [-0.4, -0.2) is 38.6 Å². The molecule has 10 rings (SSSR count). The van der Waals surface area contributed by atoms with Crippen molar-refractivity contribution < 1.29 is 0 Å². The van der Waals surface area contributed by atoms with E-state index < -0.39 is 0 Å². The van der Waals surface area contributed by atoms with Gasteiger partial charge in [0, 0.05) is 34.5 Å². The second-order valence-corrected chi connectivity index (χ2v) is 11.8. The van der Waals surface area contributed by atoms with E-state index in [-0.39, 0.29) is 0 Å². The van der Waals surface area contributed by atoms with Crippen LogP contribution < -0.4 is 0 Å². The maximum absolute atomic E-state index is 5.15. The lowest BCUT2D eigenvalue weighted by molar-refractivity contribution is 0.943. The Balaban J connectivity index is 1.44. The zero-order valence-corrected chi connectivity index (χ0v) is 26.1. The number of fused-ring (bicyclic) bond motifs is 7. The lowest BCUT2D eigenvalue weighted by atomic mass is 10.2. The Hall–Kier alpha value is -6.93. The molecule has 0 aliphatic carbocycles. The van der Waals surface area contributed by atoms with Crippen molar-refractivity contribution in [2.75, 3.05) is 0 Å². The van der Waals surface area contributed by atoms with E-state index in [0.717, 1.165) is 55.2 Å². The predicted octanol–water partition coefficient (Wildman–Crippen LogP) is 8.98. The fourth-order valence-corrected chi connectivity index (χ4v) is 7.02. The van der Waals surface area contributed by atoms with Gasteiger partial charge in [-0.1, -0.05) is 84.9 Å². The highest BCUT2D eigenvalue weighted by molar-refractivity contribution is 6.25. The first kappa shape index (κ1) is 27.2. The minimum absolute atomic E-state index is 0.472. The summed E-state index contributed by atoms with van der Waals surface area (Å²) in [4.78, 5) is 24.4. The predicted molar refractivity (Wildman–Crippen MR) is 194 cm³/mol. The third-order valence-corrected chi connectivity index (χ3v) is 9.01. The summed E-state index contributed by atoms with van der Waals surface area (Å²) in [6, 6.07) is 49.7. The number of hydrogen-bond acceptors (Lipinski definition) is 5. The molecule has 0 unspecified atom stereocenters. The molecular weight excluding hydrogens is 605 g/mol. The van der Waals surface area contributed by atoms with E-state index in [1.54, 1.807) is 12.4 Å². The molecule has 8 nitrogen and oxygen atoms in total. The SMILES string of the molecule is c1ccc(-n2c3ccccc3c3c2c2c(c4ccccc4n2-c2nc(-c4ccccn4)nc(-c4ccccn4)n2)n3-c2ccccc2)cc1. The third-order valence-electron chi connectivity index (χ3n) is 9.01. The highest BCUT2D eigenvalue weighted by Crippen LogP contribution is 2.45. The Labute approximate surface area is 280 Å². The van der Waals surface area contributed by atoms with Crippen LogP contribution in [0.2, 0.25) is 0 Å². The monoisotopic (exact) mass is 630 g/mol. The molecule has 0 amide bonds.